The Bertz CT molecular complexity index is 1750. The van der Waals surface area contributed by atoms with Gasteiger partial charge in [-0.25, -0.2) is 4.79 Å². The number of hydrogen-bond donors (Lipinski definition) is 1. The minimum atomic E-state index is -1.03. The molecule has 42 heavy (non-hydrogen) atoms. The van der Waals surface area contributed by atoms with Gasteiger partial charge in [0, 0.05) is 11.1 Å². The van der Waals surface area contributed by atoms with Crippen LogP contribution >= 0.6 is 0 Å². The number of carbonyl (C=O) groups is 3. The molecule has 0 saturated heterocycles. The number of methoxy groups -OCH3 is 3. The fourth-order valence-electron chi connectivity index (χ4n) is 5.16. The van der Waals surface area contributed by atoms with E-state index in [-0.39, 0.29) is 35.0 Å². The molecule has 1 atom stereocenters. The molecule has 0 spiro atoms. The van der Waals surface area contributed by atoms with Crippen LogP contribution in [0.15, 0.2) is 70.8 Å². The molecule has 0 fully saturated rings. The second-order valence-corrected chi connectivity index (χ2v) is 9.57. The van der Waals surface area contributed by atoms with Crippen LogP contribution in [0, 0.1) is 0 Å². The summed E-state index contributed by atoms with van der Waals surface area (Å²) in [7, 11) is 4.50. The van der Waals surface area contributed by atoms with Crippen LogP contribution in [-0.2, 0) is 4.79 Å². The molecule has 4 aromatic rings. The highest BCUT2D eigenvalue weighted by molar-refractivity contribution is 6.15. The Hall–Kier alpha value is -5.51. The molecule has 6 rings (SSSR count). The number of benzene rings is 3. The molecular weight excluding hydrogens is 544 g/mol. The summed E-state index contributed by atoms with van der Waals surface area (Å²) in [5.74, 6) is 0.455. The van der Waals surface area contributed by atoms with E-state index in [1.807, 2.05) is 0 Å². The Morgan fingerprint density at radius 1 is 0.905 bits per heavy atom. The maximum Gasteiger partial charge on any atom is 0.335 e. The van der Waals surface area contributed by atoms with Gasteiger partial charge in [0.05, 0.1) is 44.8 Å². The fourth-order valence-corrected chi connectivity index (χ4v) is 5.16. The summed E-state index contributed by atoms with van der Waals surface area (Å²) in [6, 6.07) is 16.3. The van der Waals surface area contributed by atoms with Gasteiger partial charge in [-0.05, 0) is 60.2 Å². The summed E-state index contributed by atoms with van der Waals surface area (Å²) < 4.78 is 34.0. The second kappa shape index (κ2) is 10.5. The molecule has 10 heteroatoms. The molecule has 212 valence electrons. The molecule has 10 nitrogen and oxygen atoms in total. The number of ether oxygens (including phenoxy) is 5. The van der Waals surface area contributed by atoms with Crippen LogP contribution in [0.4, 0.5) is 0 Å². The first-order chi connectivity index (χ1) is 20.3. The minimum Gasteiger partial charge on any atom is -0.493 e. The summed E-state index contributed by atoms with van der Waals surface area (Å²) in [5.41, 5.74) is 2.26. The van der Waals surface area contributed by atoms with Crippen LogP contribution in [0.5, 0.6) is 28.7 Å². The van der Waals surface area contributed by atoms with Crippen LogP contribution in [0.3, 0.4) is 0 Å². The predicted octanol–water partition coefficient (Wildman–Crippen LogP) is 5.73. The Morgan fingerprint density at radius 2 is 1.62 bits per heavy atom. The van der Waals surface area contributed by atoms with Crippen molar-refractivity contribution in [1.82, 2.24) is 0 Å². The van der Waals surface area contributed by atoms with Crippen molar-refractivity contribution in [2.45, 2.75) is 12.3 Å². The van der Waals surface area contributed by atoms with Crippen molar-refractivity contribution < 1.29 is 47.6 Å². The summed E-state index contributed by atoms with van der Waals surface area (Å²) in [6.07, 6.45) is 1.55. The topological polar surface area (TPSA) is 131 Å². The Kier molecular flexibility index (Phi) is 6.66. The highest BCUT2D eigenvalue weighted by Gasteiger charge is 2.39. The van der Waals surface area contributed by atoms with Crippen LogP contribution in [0.1, 0.15) is 49.9 Å². The molecule has 0 aliphatic carbocycles. The number of ketones is 1. The number of aromatic carboxylic acids is 1. The Labute approximate surface area is 239 Å². The van der Waals surface area contributed by atoms with Gasteiger partial charge >= 0.3 is 11.9 Å². The first kappa shape index (κ1) is 26.7. The van der Waals surface area contributed by atoms with E-state index >= 15 is 0 Å². The first-order valence-corrected chi connectivity index (χ1v) is 12.9. The van der Waals surface area contributed by atoms with Crippen LogP contribution in [0.2, 0.25) is 0 Å². The van der Waals surface area contributed by atoms with Gasteiger partial charge in [0.15, 0.2) is 17.3 Å². The van der Waals surface area contributed by atoms with Crippen LogP contribution < -0.4 is 23.7 Å². The molecule has 0 amide bonds. The largest absolute Gasteiger partial charge is 0.493 e. The lowest BCUT2D eigenvalue weighted by molar-refractivity contribution is -0.135. The number of carboxylic acids is 1. The molecule has 0 bridgehead atoms. The van der Waals surface area contributed by atoms with Gasteiger partial charge in [0.2, 0.25) is 11.5 Å². The van der Waals surface area contributed by atoms with Crippen molar-refractivity contribution in [3.63, 3.8) is 0 Å². The van der Waals surface area contributed by atoms with Crippen molar-refractivity contribution in [3.8, 4) is 40.1 Å². The van der Waals surface area contributed by atoms with E-state index in [1.165, 1.54) is 33.5 Å². The van der Waals surface area contributed by atoms with Gasteiger partial charge in [0.1, 0.15) is 23.0 Å². The van der Waals surface area contributed by atoms with Crippen molar-refractivity contribution in [2.75, 3.05) is 21.3 Å². The molecule has 3 heterocycles. The lowest BCUT2D eigenvalue weighted by Crippen LogP contribution is -2.21. The third-order valence-electron chi connectivity index (χ3n) is 7.15. The summed E-state index contributed by atoms with van der Waals surface area (Å²) in [4.78, 5) is 37.2. The lowest BCUT2D eigenvalue weighted by Gasteiger charge is -2.24. The van der Waals surface area contributed by atoms with Crippen LogP contribution in [-0.4, -0.2) is 44.2 Å². The second-order valence-electron chi connectivity index (χ2n) is 9.57. The van der Waals surface area contributed by atoms with Crippen molar-refractivity contribution >= 4 is 23.8 Å². The zero-order valence-corrected chi connectivity index (χ0v) is 22.8. The quantitative estimate of drug-likeness (QED) is 0.168. The standard InChI is InChI=1S/C32H24O10/c1-37-25-13-16(14-26(38-2)31(25)39-3)12-24-29(34)19-8-9-23-28(30(19)42-24)20(15-27(33)41-23)22-11-10-21(40-22)17-4-6-18(7-5-17)32(35)36/h4-14,20H,15H2,1-3H3,(H,35,36)/b24-12-. The van der Waals surface area contributed by atoms with Crippen molar-refractivity contribution in [3.05, 3.63) is 94.4 Å². The fraction of sp³-hybridized carbons (Fsp3) is 0.156. The highest BCUT2D eigenvalue weighted by atomic mass is 16.5. The van der Waals surface area contributed by atoms with E-state index in [9.17, 15) is 19.5 Å². The third kappa shape index (κ3) is 4.52. The molecule has 0 radical (unpaired) electrons. The smallest absolute Gasteiger partial charge is 0.335 e. The number of fused-ring (bicyclic) bond motifs is 3. The Balaban J connectivity index is 1.38. The predicted molar refractivity (Wildman–Crippen MR) is 149 cm³/mol. The van der Waals surface area contributed by atoms with E-state index in [4.69, 9.17) is 28.1 Å². The number of rotatable bonds is 7. The zero-order valence-electron chi connectivity index (χ0n) is 22.8. The minimum absolute atomic E-state index is 0.0299. The number of hydrogen-bond acceptors (Lipinski definition) is 9. The third-order valence-corrected chi connectivity index (χ3v) is 7.15. The molecule has 1 aromatic heterocycles. The van der Waals surface area contributed by atoms with E-state index in [0.29, 0.717) is 51.0 Å². The number of furan rings is 1. The van der Waals surface area contributed by atoms with E-state index < -0.39 is 17.9 Å². The van der Waals surface area contributed by atoms with Gasteiger partial charge in [-0.15, -0.1) is 0 Å². The maximum atomic E-state index is 13.4. The molecule has 3 aromatic carbocycles. The molecule has 2 aliphatic rings. The number of esters is 1. The van der Waals surface area contributed by atoms with Crippen molar-refractivity contribution in [1.29, 1.82) is 0 Å². The summed E-state index contributed by atoms with van der Waals surface area (Å²) in [5, 5.41) is 9.18. The molecule has 1 unspecified atom stereocenters. The zero-order chi connectivity index (χ0) is 29.5. The monoisotopic (exact) mass is 568 g/mol. The molecule has 0 saturated carbocycles. The van der Waals surface area contributed by atoms with Gasteiger partial charge in [-0.3, -0.25) is 9.59 Å². The lowest BCUT2D eigenvalue weighted by atomic mass is 9.88. The van der Waals surface area contributed by atoms with Gasteiger partial charge in [0.25, 0.3) is 0 Å². The average Bonchev–Trinajstić information content (AvgIpc) is 3.61. The number of Topliss-reactive ketones (excluding diaryl/α,β-unsaturated/α-hetero) is 1. The van der Waals surface area contributed by atoms with E-state index in [0.717, 1.165) is 0 Å². The van der Waals surface area contributed by atoms with E-state index in [1.54, 1.807) is 54.6 Å². The van der Waals surface area contributed by atoms with Gasteiger partial charge in [-0.1, -0.05) is 12.1 Å². The average molecular weight is 569 g/mol. The summed E-state index contributed by atoms with van der Waals surface area (Å²) >= 11 is 0. The Morgan fingerprint density at radius 3 is 2.26 bits per heavy atom. The number of carboxylic acid groups (broad SMARTS) is 1. The van der Waals surface area contributed by atoms with Gasteiger partial charge < -0.3 is 33.2 Å². The highest BCUT2D eigenvalue weighted by Crippen LogP contribution is 2.50. The number of allylic oxidation sites excluding steroid dienone is 1. The molecule has 1 N–H and O–H groups in total. The van der Waals surface area contributed by atoms with E-state index in [2.05, 4.69) is 0 Å². The maximum absolute atomic E-state index is 13.4. The van der Waals surface area contributed by atoms with Crippen LogP contribution in [0.25, 0.3) is 17.4 Å². The van der Waals surface area contributed by atoms with Crippen molar-refractivity contribution in [2.24, 2.45) is 0 Å². The SMILES string of the molecule is COc1cc(/C=C2\Oc3c(ccc4c3C(c3ccc(-c5ccc(C(=O)O)cc5)o3)CC(=O)O4)C2=O)cc(OC)c1OC. The normalized spacial score (nSPS) is 16.4. The summed E-state index contributed by atoms with van der Waals surface area (Å²) in [6.45, 7) is 0. The first-order valence-electron chi connectivity index (χ1n) is 12.9. The number of carbonyl (C=O) groups excluding carboxylic acids is 2. The van der Waals surface area contributed by atoms with Gasteiger partial charge in [-0.2, -0.15) is 0 Å². The molecule has 2 aliphatic heterocycles. The molecular formula is C32H24O10.